The molecule has 1 amide bonds. The van der Waals surface area contributed by atoms with E-state index in [9.17, 15) is 13.6 Å². The maximum atomic E-state index is 12.7. The van der Waals surface area contributed by atoms with E-state index in [0.717, 1.165) is 0 Å². The first-order valence-corrected chi connectivity index (χ1v) is 6.19. The smallest absolute Gasteiger partial charge is 0.407 e. The quantitative estimate of drug-likeness (QED) is 0.818. The Bertz CT molecular complexity index is 295. The lowest BCUT2D eigenvalue weighted by Gasteiger charge is -2.37. The normalized spacial score (nSPS) is 21.0. The molecular weight excluding hydrogens is 242 g/mol. The summed E-state index contributed by atoms with van der Waals surface area (Å²) in [5.41, 5.74) is 4.95. The van der Waals surface area contributed by atoms with E-state index in [0.29, 0.717) is 6.42 Å². The molecule has 1 aliphatic rings. The van der Waals surface area contributed by atoms with Crippen LogP contribution in [-0.4, -0.2) is 30.2 Å². The molecule has 0 aliphatic heterocycles. The van der Waals surface area contributed by atoms with E-state index < -0.39 is 17.6 Å². The lowest BCUT2D eigenvalue weighted by Crippen LogP contribution is -2.46. The molecule has 0 aromatic rings. The third-order valence-corrected chi connectivity index (χ3v) is 2.80. The molecule has 0 spiro atoms. The number of hydrogen-bond acceptors (Lipinski definition) is 3. The van der Waals surface area contributed by atoms with Crippen molar-refractivity contribution < 1.29 is 18.3 Å². The van der Waals surface area contributed by atoms with Crippen molar-refractivity contribution in [2.75, 3.05) is 6.54 Å². The molecule has 3 N–H and O–H groups in total. The van der Waals surface area contributed by atoms with Crippen LogP contribution in [0.15, 0.2) is 0 Å². The fourth-order valence-electron chi connectivity index (χ4n) is 2.04. The van der Waals surface area contributed by atoms with Crippen molar-refractivity contribution in [3.63, 3.8) is 0 Å². The highest BCUT2D eigenvalue weighted by molar-refractivity contribution is 5.68. The molecule has 0 heterocycles. The number of ether oxygens (including phenoxy) is 1. The monoisotopic (exact) mass is 264 g/mol. The number of alkyl halides is 2. The Kier molecular flexibility index (Phi) is 4.53. The minimum absolute atomic E-state index is 0.0662. The van der Waals surface area contributed by atoms with Crippen LogP contribution in [0, 0.1) is 5.92 Å². The molecule has 18 heavy (non-hydrogen) atoms. The van der Waals surface area contributed by atoms with Crippen LogP contribution in [0.5, 0.6) is 0 Å². The SMILES string of the molecule is CC(C)(C)OC(=O)NC(CN)CC1CC(F)(F)C1. The highest BCUT2D eigenvalue weighted by atomic mass is 19.3. The van der Waals surface area contributed by atoms with Gasteiger partial charge in [-0.1, -0.05) is 0 Å². The molecule has 4 nitrogen and oxygen atoms in total. The van der Waals surface area contributed by atoms with Gasteiger partial charge in [-0.25, -0.2) is 13.6 Å². The van der Waals surface area contributed by atoms with Gasteiger partial charge in [0.2, 0.25) is 5.92 Å². The fourth-order valence-corrected chi connectivity index (χ4v) is 2.04. The number of carbonyl (C=O) groups is 1. The second kappa shape index (κ2) is 5.38. The number of halogens is 2. The fraction of sp³-hybridized carbons (Fsp3) is 0.917. The number of nitrogens with one attached hydrogen (secondary N) is 1. The molecule has 1 aliphatic carbocycles. The van der Waals surface area contributed by atoms with Crippen molar-refractivity contribution in [2.24, 2.45) is 11.7 Å². The van der Waals surface area contributed by atoms with Crippen LogP contribution in [-0.2, 0) is 4.74 Å². The van der Waals surface area contributed by atoms with Gasteiger partial charge in [0.1, 0.15) is 5.60 Å². The molecule has 0 bridgehead atoms. The first kappa shape index (κ1) is 15.1. The lowest BCUT2D eigenvalue weighted by atomic mass is 9.77. The van der Waals surface area contributed by atoms with Gasteiger partial charge in [0.25, 0.3) is 0 Å². The zero-order valence-corrected chi connectivity index (χ0v) is 11.1. The molecule has 1 rings (SSSR count). The van der Waals surface area contributed by atoms with Crippen LogP contribution in [0.25, 0.3) is 0 Å². The molecule has 0 saturated heterocycles. The predicted molar refractivity (Wildman–Crippen MR) is 64.5 cm³/mol. The van der Waals surface area contributed by atoms with E-state index in [1.54, 1.807) is 20.8 Å². The molecule has 0 aromatic heterocycles. The van der Waals surface area contributed by atoms with Gasteiger partial charge in [-0.3, -0.25) is 0 Å². The molecule has 0 aromatic carbocycles. The van der Waals surface area contributed by atoms with Gasteiger partial charge in [-0.05, 0) is 33.1 Å². The van der Waals surface area contributed by atoms with Crippen LogP contribution in [0.4, 0.5) is 13.6 Å². The van der Waals surface area contributed by atoms with E-state index in [2.05, 4.69) is 5.32 Å². The van der Waals surface area contributed by atoms with Gasteiger partial charge >= 0.3 is 6.09 Å². The summed E-state index contributed by atoms with van der Waals surface area (Å²) >= 11 is 0. The van der Waals surface area contributed by atoms with Crippen molar-refractivity contribution in [2.45, 2.75) is 57.6 Å². The van der Waals surface area contributed by atoms with Gasteiger partial charge in [0, 0.05) is 25.4 Å². The van der Waals surface area contributed by atoms with Crippen LogP contribution < -0.4 is 11.1 Å². The number of rotatable bonds is 4. The van der Waals surface area contributed by atoms with E-state index in [4.69, 9.17) is 10.5 Å². The van der Waals surface area contributed by atoms with E-state index in [1.807, 2.05) is 0 Å². The van der Waals surface area contributed by atoms with Crippen LogP contribution in [0.2, 0.25) is 0 Å². The molecule has 1 unspecified atom stereocenters. The maximum absolute atomic E-state index is 12.7. The number of amides is 1. The van der Waals surface area contributed by atoms with Crippen molar-refractivity contribution in [3.8, 4) is 0 Å². The Morgan fingerprint density at radius 3 is 2.44 bits per heavy atom. The molecule has 1 fully saturated rings. The second-order valence-electron chi connectivity index (χ2n) is 5.94. The van der Waals surface area contributed by atoms with Gasteiger partial charge in [0.05, 0.1) is 0 Å². The Hall–Kier alpha value is -0.910. The summed E-state index contributed by atoms with van der Waals surface area (Å²) < 4.78 is 30.5. The Balaban J connectivity index is 2.32. The topological polar surface area (TPSA) is 64.3 Å². The van der Waals surface area contributed by atoms with Crippen molar-refractivity contribution in [3.05, 3.63) is 0 Å². The average molecular weight is 264 g/mol. The summed E-state index contributed by atoms with van der Waals surface area (Å²) in [6, 6.07) is -0.305. The molecule has 6 heteroatoms. The molecule has 0 radical (unpaired) electrons. The maximum Gasteiger partial charge on any atom is 0.407 e. The minimum atomic E-state index is -2.53. The first-order chi connectivity index (χ1) is 8.11. The third kappa shape index (κ3) is 5.16. The van der Waals surface area contributed by atoms with Gasteiger partial charge in [0.15, 0.2) is 0 Å². The summed E-state index contributed by atoms with van der Waals surface area (Å²) in [5.74, 6) is -2.60. The predicted octanol–water partition coefficient (Wildman–Crippen LogP) is 2.27. The summed E-state index contributed by atoms with van der Waals surface area (Å²) in [6.07, 6.45) is -0.298. The standard InChI is InChI=1S/C12H22F2N2O2/c1-11(2,3)18-10(17)16-9(7-15)4-8-5-12(13,14)6-8/h8-9H,4-7,15H2,1-3H3,(H,16,17). The van der Waals surface area contributed by atoms with E-state index >= 15 is 0 Å². The minimum Gasteiger partial charge on any atom is -0.444 e. The zero-order chi connectivity index (χ0) is 14.0. The molecule has 106 valence electrons. The van der Waals surface area contributed by atoms with E-state index in [-0.39, 0.29) is 31.3 Å². The van der Waals surface area contributed by atoms with Crippen LogP contribution >= 0.6 is 0 Å². The number of alkyl carbamates (subject to hydrolysis) is 1. The first-order valence-electron chi connectivity index (χ1n) is 6.19. The molecular formula is C12H22F2N2O2. The third-order valence-electron chi connectivity index (χ3n) is 2.80. The Morgan fingerprint density at radius 2 is 2.06 bits per heavy atom. The van der Waals surface area contributed by atoms with E-state index in [1.165, 1.54) is 0 Å². The van der Waals surface area contributed by atoms with Gasteiger partial charge in [-0.15, -0.1) is 0 Å². The summed E-state index contributed by atoms with van der Waals surface area (Å²) in [5, 5.41) is 2.62. The van der Waals surface area contributed by atoms with Crippen molar-refractivity contribution >= 4 is 6.09 Å². The van der Waals surface area contributed by atoms with Crippen LogP contribution in [0.3, 0.4) is 0 Å². The summed E-state index contributed by atoms with van der Waals surface area (Å²) in [6.45, 7) is 5.50. The zero-order valence-electron chi connectivity index (χ0n) is 11.1. The molecule has 1 saturated carbocycles. The van der Waals surface area contributed by atoms with Crippen molar-refractivity contribution in [1.82, 2.24) is 5.32 Å². The van der Waals surface area contributed by atoms with Gasteiger partial charge in [-0.2, -0.15) is 0 Å². The number of nitrogens with two attached hydrogens (primary N) is 1. The largest absolute Gasteiger partial charge is 0.444 e. The highest BCUT2D eigenvalue weighted by Crippen LogP contribution is 2.44. The average Bonchev–Trinajstić information content (AvgIpc) is 2.10. The second-order valence-corrected chi connectivity index (χ2v) is 5.94. The van der Waals surface area contributed by atoms with Crippen LogP contribution in [0.1, 0.15) is 40.0 Å². The summed E-state index contributed by atoms with van der Waals surface area (Å²) in [7, 11) is 0. The summed E-state index contributed by atoms with van der Waals surface area (Å²) in [4.78, 5) is 11.5. The highest BCUT2D eigenvalue weighted by Gasteiger charge is 2.45. The Labute approximate surface area is 106 Å². The van der Waals surface area contributed by atoms with Crippen molar-refractivity contribution in [1.29, 1.82) is 0 Å². The Morgan fingerprint density at radius 1 is 1.50 bits per heavy atom. The number of hydrogen-bond donors (Lipinski definition) is 2. The lowest BCUT2D eigenvalue weighted by molar-refractivity contribution is -0.113. The van der Waals surface area contributed by atoms with Gasteiger partial charge < -0.3 is 15.8 Å². The number of carbonyl (C=O) groups excluding carboxylic acids is 1. The molecule has 1 atom stereocenters.